The molecule has 0 unspecified atom stereocenters. The number of aliphatic imine (C=N–C) groups is 1. The van der Waals surface area contributed by atoms with Gasteiger partial charge in [0.2, 0.25) is 0 Å². The Balaban J connectivity index is 0.00000450. The highest BCUT2D eigenvalue weighted by Crippen LogP contribution is 2.17. The van der Waals surface area contributed by atoms with Crippen LogP contribution in [0.15, 0.2) is 47.5 Å². The van der Waals surface area contributed by atoms with E-state index in [2.05, 4.69) is 20.4 Å². The molecule has 0 heterocycles. The van der Waals surface area contributed by atoms with E-state index in [1.54, 1.807) is 43.4 Å². The summed E-state index contributed by atoms with van der Waals surface area (Å²) in [7, 11) is 3.02. The van der Waals surface area contributed by atoms with Crippen LogP contribution < -0.4 is 15.4 Å². The summed E-state index contributed by atoms with van der Waals surface area (Å²) in [5.41, 5.74) is 2.31. The lowest BCUT2D eigenvalue weighted by molar-refractivity contribution is -0.176. The van der Waals surface area contributed by atoms with E-state index in [9.17, 15) is 17.6 Å². The molecule has 0 aliphatic carbocycles. The third-order valence-corrected chi connectivity index (χ3v) is 3.92. The van der Waals surface area contributed by atoms with Crippen LogP contribution in [0, 0.1) is 5.82 Å². The van der Waals surface area contributed by atoms with Crippen LogP contribution >= 0.6 is 24.0 Å². The molecule has 2 N–H and O–H groups in total. The van der Waals surface area contributed by atoms with Gasteiger partial charge in [0, 0.05) is 20.1 Å². The molecule has 166 valence electrons. The molecule has 0 spiro atoms. The van der Waals surface area contributed by atoms with Crippen molar-refractivity contribution in [3.8, 4) is 5.75 Å². The van der Waals surface area contributed by atoms with Gasteiger partial charge >= 0.3 is 6.18 Å². The topological polar surface area (TPSA) is 54.9 Å². The van der Waals surface area contributed by atoms with Gasteiger partial charge in [-0.05, 0) is 28.8 Å². The Morgan fingerprint density at radius 3 is 2.07 bits per heavy atom. The molecule has 0 bridgehead atoms. The molecule has 2 aromatic rings. The summed E-state index contributed by atoms with van der Waals surface area (Å²) in [6, 6.07) is 11.7. The van der Waals surface area contributed by atoms with Crippen molar-refractivity contribution in [3.05, 3.63) is 65.0 Å². The zero-order valence-corrected chi connectivity index (χ0v) is 18.9. The largest absolute Gasteiger partial charge is 0.494 e. The van der Waals surface area contributed by atoms with Crippen LogP contribution in [0.4, 0.5) is 17.6 Å². The van der Waals surface area contributed by atoms with Gasteiger partial charge in [-0.15, -0.1) is 24.0 Å². The van der Waals surface area contributed by atoms with Gasteiger partial charge in [-0.2, -0.15) is 13.2 Å². The minimum Gasteiger partial charge on any atom is -0.494 e. The van der Waals surface area contributed by atoms with Crippen molar-refractivity contribution >= 4 is 29.9 Å². The Morgan fingerprint density at radius 2 is 1.53 bits per heavy atom. The third kappa shape index (κ3) is 9.16. The fourth-order valence-electron chi connectivity index (χ4n) is 2.45. The van der Waals surface area contributed by atoms with Gasteiger partial charge in [0.15, 0.2) is 17.5 Å². The van der Waals surface area contributed by atoms with Crippen molar-refractivity contribution in [2.24, 2.45) is 4.99 Å². The quantitative estimate of drug-likeness (QED) is 0.225. The summed E-state index contributed by atoms with van der Waals surface area (Å²) in [6.07, 6.45) is -4.33. The van der Waals surface area contributed by atoms with Gasteiger partial charge in [0.05, 0.1) is 13.7 Å². The number of halogens is 5. The van der Waals surface area contributed by atoms with Crippen LogP contribution in [0.5, 0.6) is 5.75 Å². The summed E-state index contributed by atoms with van der Waals surface area (Å²) in [6.45, 7) is -0.540. The normalized spacial score (nSPS) is 11.6. The van der Waals surface area contributed by atoms with Gasteiger partial charge in [-0.3, -0.25) is 4.99 Å². The first-order valence-corrected chi connectivity index (χ1v) is 8.80. The van der Waals surface area contributed by atoms with Gasteiger partial charge in [-0.25, -0.2) is 4.39 Å². The highest BCUT2D eigenvalue weighted by molar-refractivity contribution is 14.0. The molecule has 0 amide bonds. The van der Waals surface area contributed by atoms with Gasteiger partial charge in [-0.1, -0.05) is 30.3 Å². The van der Waals surface area contributed by atoms with E-state index in [0.29, 0.717) is 24.6 Å². The Morgan fingerprint density at radius 1 is 0.967 bits per heavy atom. The molecule has 5 nitrogen and oxygen atoms in total. The molecule has 0 saturated heterocycles. The van der Waals surface area contributed by atoms with E-state index < -0.39 is 18.6 Å². The molecule has 10 heteroatoms. The maximum atomic E-state index is 13.7. The van der Waals surface area contributed by atoms with Crippen molar-refractivity contribution < 1.29 is 27.0 Å². The second-order valence-electron chi connectivity index (χ2n) is 6.17. The van der Waals surface area contributed by atoms with E-state index in [1.165, 1.54) is 13.2 Å². The number of methoxy groups -OCH3 is 1. The maximum Gasteiger partial charge on any atom is 0.411 e. The smallest absolute Gasteiger partial charge is 0.411 e. The second kappa shape index (κ2) is 12.6. The number of nitrogens with one attached hydrogen (secondary N) is 2. The number of hydrogen-bond acceptors (Lipinski definition) is 3. The number of hydrogen-bond donors (Lipinski definition) is 2. The van der Waals surface area contributed by atoms with Crippen molar-refractivity contribution in [1.29, 1.82) is 0 Å². The van der Waals surface area contributed by atoms with Crippen LogP contribution in [0.25, 0.3) is 0 Å². The van der Waals surface area contributed by atoms with E-state index in [1.807, 2.05) is 0 Å². The first kappa shape index (κ1) is 26.0. The minimum atomic E-state index is -4.33. The number of rotatable bonds is 8. The maximum absolute atomic E-state index is 13.7. The first-order valence-electron chi connectivity index (χ1n) is 8.80. The van der Waals surface area contributed by atoms with Crippen LogP contribution in [0.2, 0.25) is 0 Å². The molecule has 2 rings (SSSR count). The monoisotopic (exact) mass is 541 g/mol. The molecule has 0 aliphatic rings. The lowest BCUT2D eigenvalue weighted by atomic mass is 10.1. The van der Waals surface area contributed by atoms with Gasteiger partial charge < -0.3 is 20.1 Å². The Hall–Kier alpha value is -2.08. The molecular formula is C20H24F4IN3O2. The number of alkyl halides is 3. The van der Waals surface area contributed by atoms with Crippen molar-refractivity contribution in [3.63, 3.8) is 0 Å². The highest BCUT2D eigenvalue weighted by Gasteiger charge is 2.27. The predicted octanol–water partition coefficient (Wildman–Crippen LogP) is 4.40. The fraction of sp³-hybridized carbons (Fsp3) is 0.350. The number of ether oxygens (including phenoxy) is 2. The summed E-state index contributed by atoms with van der Waals surface area (Å²) in [5.74, 6) is 0.274. The number of benzene rings is 2. The highest BCUT2D eigenvalue weighted by atomic mass is 127. The van der Waals surface area contributed by atoms with Crippen molar-refractivity contribution in [2.75, 3.05) is 20.8 Å². The lowest BCUT2D eigenvalue weighted by Crippen LogP contribution is -2.36. The Bertz CT molecular complexity index is 815. The molecule has 0 fully saturated rings. The van der Waals surface area contributed by atoms with Crippen LogP contribution in [-0.2, 0) is 24.4 Å². The zero-order chi connectivity index (χ0) is 21.3. The summed E-state index contributed by atoms with van der Waals surface area (Å²) in [4.78, 5) is 4.10. The Labute approximate surface area is 189 Å². The second-order valence-corrected chi connectivity index (χ2v) is 6.17. The SMILES string of the molecule is CN=C(NCc1ccc(COCC(F)(F)F)cc1)NCc1ccc(OC)c(F)c1.I. The van der Waals surface area contributed by atoms with Crippen molar-refractivity contribution in [2.45, 2.75) is 25.9 Å². The molecule has 0 radical (unpaired) electrons. The van der Waals surface area contributed by atoms with Gasteiger partial charge in [0.1, 0.15) is 6.61 Å². The van der Waals surface area contributed by atoms with E-state index in [-0.39, 0.29) is 36.3 Å². The van der Waals surface area contributed by atoms with E-state index in [0.717, 1.165) is 11.1 Å². The standard InChI is InChI=1S/C20H23F4N3O2.HI/c1-25-19(27-11-16-7-8-18(28-2)17(21)9-16)26-10-14-3-5-15(6-4-14)12-29-13-20(22,23)24;/h3-9H,10-13H2,1-2H3,(H2,25,26,27);1H. The first-order chi connectivity index (χ1) is 13.8. The zero-order valence-electron chi connectivity index (χ0n) is 16.6. The van der Waals surface area contributed by atoms with E-state index >= 15 is 0 Å². The number of nitrogens with zero attached hydrogens (tertiary/aromatic N) is 1. The third-order valence-electron chi connectivity index (χ3n) is 3.92. The van der Waals surface area contributed by atoms with Crippen LogP contribution in [0.1, 0.15) is 16.7 Å². The van der Waals surface area contributed by atoms with Crippen LogP contribution in [-0.4, -0.2) is 32.9 Å². The summed E-state index contributed by atoms with van der Waals surface area (Å²) in [5, 5.41) is 6.20. The molecule has 30 heavy (non-hydrogen) atoms. The average Bonchev–Trinajstić information content (AvgIpc) is 2.68. The molecule has 0 aromatic heterocycles. The molecule has 2 aromatic carbocycles. The van der Waals surface area contributed by atoms with Crippen LogP contribution in [0.3, 0.4) is 0 Å². The molecule has 0 atom stereocenters. The lowest BCUT2D eigenvalue weighted by Gasteiger charge is -2.13. The summed E-state index contributed by atoms with van der Waals surface area (Å²) < 4.78 is 59.5. The summed E-state index contributed by atoms with van der Waals surface area (Å²) >= 11 is 0. The molecular weight excluding hydrogens is 517 g/mol. The predicted molar refractivity (Wildman–Crippen MR) is 118 cm³/mol. The minimum absolute atomic E-state index is 0. The van der Waals surface area contributed by atoms with Crippen molar-refractivity contribution in [1.82, 2.24) is 10.6 Å². The molecule has 0 aliphatic heterocycles. The molecule has 0 saturated carbocycles. The average molecular weight is 541 g/mol. The Kier molecular flexibility index (Phi) is 10.9. The fourth-order valence-corrected chi connectivity index (χ4v) is 2.45. The van der Waals surface area contributed by atoms with E-state index in [4.69, 9.17) is 4.74 Å². The van der Waals surface area contributed by atoms with Gasteiger partial charge in [0.25, 0.3) is 0 Å². The number of guanidine groups is 1.